The van der Waals surface area contributed by atoms with Crippen molar-refractivity contribution in [2.75, 3.05) is 16.9 Å². The Morgan fingerprint density at radius 2 is 1.41 bits per heavy atom. The number of aromatic nitrogens is 4. The van der Waals surface area contributed by atoms with Gasteiger partial charge in [-0.2, -0.15) is 0 Å². The fourth-order valence-corrected chi connectivity index (χ4v) is 2.89. The summed E-state index contributed by atoms with van der Waals surface area (Å²) < 4.78 is 0. The first-order chi connectivity index (χ1) is 10.7. The number of hydrogen-bond acceptors (Lipinski definition) is 7. The van der Waals surface area contributed by atoms with E-state index in [1.54, 1.807) is 11.8 Å². The first kappa shape index (κ1) is 15.0. The predicted octanol–water partition coefficient (Wildman–Crippen LogP) is 2.74. The molecule has 1 fully saturated rings. The van der Waals surface area contributed by atoms with Gasteiger partial charge in [-0.15, -0.1) is 11.8 Å². The molecule has 2 aromatic heterocycles. The van der Waals surface area contributed by atoms with Crippen molar-refractivity contribution in [1.82, 2.24) is 19.9 Å². The van der Waals surface area contributed by atoms with Crippen molar-refractivity contribution in [2.45, 2.75) is 43.2 Å². The van der Waals surface area contributed by atoms with Crippen LogP contribution in [0.2, 0.25) is 0 Å². The summed E-state index contributed by atoms with van der Waals surface area (Å²) in [5.41, 5.74) is 1.07. The highest BCUT2D eigenvalue weighted by molar-refractivity contribution is 7.98. The molecule has 3 rings (SSSR count). The van der Waals surface area contributed by atoms with Crippen LogP contribution in [-0.2, 0) is 0 Å². The zero-order valence-corrected chi connectivity index (χ0v) is 13.6. The van der Waals surface area contributed by atoms with Crippen molar-refractivity contribution in [3.63, 3.8) is 0 Å². The second-order valence-corrected chi connectivity index (χ2v) is 6.41. The van der Waals surface area contributed by atoms with Crippen LogP contribution in [0.1, 0.15) is 24.8 Å². The maximum atomic E-state index is 4.34. The van der Waals surface area contributed by atoms with Crippen LogP contribution in [0.4, 0.5) is 11.9 Å². The summed E-state index contributed by atoms with van der Waals surface area (Å²) >= 11 is 1.65. The van der Waals surface area contributed by atoms with E-state index < -0.39 is 0 Å². The van der Waals surface area contributed by atoms with Crippen molar-refractivity contribution in [3.8, 4) is 0 Å². The lowest BCUT2D eigenvalue weighted by molar-refractivity contribution is 0.712. The van der Waals surface area contributed by atoms with Crippen molar-refractivity contribution in [2.24, 2.45) is 0 Å². The lowest BCUT2D eigenvalue weighted by atomic mass is 10.2. The zero-order valence-electron chi connectivity index (χ0n) is 12.8. The summed E-state index contributed by atoms with van der Waals surface area (Å²) in [5, 5.41) is 6.80. The van der Waals surface area contributed by atoms with Gasteiger partial charge >= 0.3 is 0 Å². The van der Waals surface area contributed by atoms with Crippen LogP contribution in [0.3, 0.4) is 0 Å². The van der Waals surface area contributed by atoms with Gasteiger partial charge in [0.25, 0.3) is 0 Å². The fourth-order valence-electron chi connectivity index (χ4n) is 2.57. The first-order valence-corrected chi connectivity index (χ1v) is 8.63. The predicted molar refractivity (Wildman–Crippen MR) is 89.3 cm³/mol. The first-order valence-electron chi connectivity index (χ1n) is 7.40. The molecule has 2 heterocycles. The van der Waals surface area contributed by atoms with Gasteiger partial charge in [0.2, 0.25) is 11.9 Å². The zero-order chi connectivity index (χ0) is 15.4. The summed E-state index contributed by atoms with van der Waals surface area (Å²) in [6.07, 6.45) is 12.6. The third-order valence-corrected chi connectivity index (χ3v) is 4.43. The molecule has 1 aliphatic carbocycles. The number of aryl methyl sites for hydroxylation is 1. The number of thioether (sulfide) groups is 1. The summed E-state index contributed by atoms with van der Waals surface area (Å²) in [4.78, 5) is 18.4. The van der Waals surface area contributed by atoms with E-state index in [0.29, 0.717) is 24.0 Å². The maximum Gasteiger partial charge on any atom is 0.222 e. The lowest BCUT2D eigenvalue weighted by Gasteiger charge is -2.14. The molecular weight excluding hydrogens is 296 g/mol. The van der Waals surface area contributed by atoms with Gasteiger partial charge in [-0.1, -0.05) is 0 Å². The van der Waals surface area contributed by atoms with E-state index in [1.807, 2.05) is 38.0 Å². The molecule has 1 saturated carbocycles. The average Bonchev–Trinajstić information content (AvgIpc) is 2.97. The molecule has 6 nitrogen and oxygen atoms in total. The Kier molecular flexibility index (Phi) is 4.72. The molecule has 0 radical (unpaired) electrons. The van der Waals surface area contributed by atoms with Gasteiger partial charge in [0.05, 0.1) is 0 Å². The molecular formula is C15H20N6S. The van der Waals surface area contributed by atoms with E-state index in [2.05, 4.69) is 30.6 Å². The smallest absolute Gasteiger partial charge is 0.222 e. The topological polar surface area (TPSA) is 75.6 Å². The molecule has 2 atom stereocenters. The van der Waals surface area contributed by atoms with Crippen molar-refractivity contribution < 1.29 is 0 Å². The summed E-state index contributed by atoms with van der Waals surface area (Å²) in [6, 6.07) is 0.786. The molecule has 0 spiro atoms. The van der Waals surface area contributed by atoms with Crippen LogP contribution >= 0.6 is 11.8 Å². The number of nitrogens with one attached hydrogen (secondary N) is 2. The molecule has 22 heavy (non-hydrogen) atoms. The normalized spacial score (nSPS) is 20.8. The summed E-state index contributed by atoms with van der Waals surface area (Å²) in [5.74, 6) is 1.41. The number of hydrogen-bond donors (Lipinski definition) is 2. The minimum atomic E-state index is 0.392. The Hall–Kier alpha value is -1.89. The average molecular weight is 316 g/mol. The van der Waals surface area contributed by atoms with Crippen LogP contribution in [0.5, 0.6) is 0 Å². The van der Waals surface area contributed by atoms with Crippen molar-refractivity contribution >= 4 is 23.7 Å². The van der Waals surface area contributed by atoms with Crippen LogP contribution in [-0.4, -0.2) is 38.3 Å². The Labute approximate surface area is 134 Å². The summed E-state index contributed by atoms with van der Waals surface area (Å²) in [6.45, 7) is 1.99. The quantitative estimate of drug-likeness (QED) is 0.821. The molecule has 7 heteroatoms. The monoisotopic (exact) mass is 316 g/mol. The van der Waals surface area contributed by atoms with E-state index in [4.69, 9.17) is 0 Å². The van der Waals surface area contributed by atoms with Gasteiger partial charge < -0.3 is 10.6 Å². The second-order valence-electron chi connectivity index (χ2n) is 5.53. The number of nitrogens with zero attached hydrogens (tertiary/aromatic N) is 4. The summed E-state index contributed by atoms with van der Waals surface area (Å²) in [7, 11) is 0. The molecule has 0 amide bonds. The Balaban J connectivity index is 1.52. The second kappa shape index (κ2) is 6.91. The highest BCUT2D eigenvalue weighted by Crippen LogP contribution is 2.24. The largest absolute Gasteiger partial charge is 0.351 e. The van der Waals surface area contributed by atoms with Gasteiger partial charge in [-0.05, 0) is 38.0 Å². The minimum Gasteiger partial charge on any atom is -0.351 e. The molecule has 116 valence electrons. The highest BCUT2D eigenvalue weighted by atomic mass is 32.2. The molecule has 0 aliphatic heterocycles. The SMILES string of the molecule is CSc1cnc(N[C@H]2CC[C@H](Nc3ncc(C)cn3)C2)nc1. The van der Waals surface area contributed by atoms with E-state index >= 15 is 0 Å². The standard InChI is InChI=1S/C15H20N6S/c1-10-6-16-14(17-7-10)20-11-3-4-12(5-11)21-15-18-8-13(22-2)9-19-15/h6-9,11-12H,3-5H2,1-2H3,(H,16,17,20)(H,18,19,21)/t11-,12-/m0/s1. The van der Waals surface area contributed by atoms with E-state index in [0.717, 1.165) is 29.7 Å². The minimum absolute atomic E-state index is 0.392. The van der Waals surface area contributed by atoms with Gasteiger partial charge in [-0.3, -0.25) is 0 Å². The molecule has 0 saturated heterocycles. The molecule has 0 bridgehead atoms. The van der Waals surface area contributed by atoms with Gasteiger partial charge in [0.15, 0.2) is 0 Å². The van der Waals surface area contributed by atoms with Crippen molar-refractivity contribution in [1.29, 1.82) is 0 Å². The van der Waals surface area contributed by atoms with Crippen LogP contribution in [0, 0.1) is 6.92 Å². The molecule has 2 aromatic rings. The highest BCUT2D eigenvalue weighted by Gasteiger charge is 2.25. The molecule has 0 aromatic carbocycles. The van der Waals surface area contributed by atoms with Crippen LogP contribution in [0.15, 0.2) is 29.7 Å². The Morgan fingerprint density at radius 3 is 1.91 bits per heavy atom. The maximum absolute atomic E-state index is 4.34. The Bertz CT molecular complexity index is 600. The van der Waals surface area contributed by atoms with Gasteiger partial charge in [0, 0.05) is 41.8 Å². The van der Waals surface area contributed by atoms with Crippen molar-refractivity contribution in [3.05, 3.63) is 30.4 Å². The number of anilines is 2. The van der Waals surface area contributed by atoms with E-state index in [9.17, 15) is 0 Å². The fraction of sp³-hybridized carbons (Fsp3) is 0.467. The molecule has 2 N–H and O–H groups in total. The van der Waals surface area contributed by atoms with Gasteiger partial charge in [-0.25, -0.2) is 19.9 Å². The van der Waals surface area contributed by atoms with Crippen LogP contribution in [0.25, 0.3) is 0 Å². The third-order valence-electron chi connectivity index (χ3n) is 3.74. The van der Waals surface area contributed by atoms with E-state index in [1.165, 1.54) is 0 Å². The molecule has 1 aliphatic rings. The number of rotatable bonds is 5. The van der Waals surface area contributed by atoms with Gasteiger partial charge in [0.1, 0.15) is 0 Å². The lowest BCUT2D eigenvalue weighted by Crippen LogP contribution is -2.22. The molecule has 0 unspecified atom stereocenters. The Morgan fingerprint density at radius 1 is 0.909 bits per heavy atom. The van der Waals surface area contributed by atoms with E-state index in [-0.39, 0.29) is 0 Å². The van der Waals surface area contributed by atoms with Crippen LogP contribution < -0.4 is 10.6 Å². The third kappa shape index (κ3) is 3.85.